The Morgan fingerprint density at radius 2 is 2.08 bits per heavy atom. The lowest BCUT2D eigenvalue weighted by Crippen LogP contribution is -2.09. The standard InChI is InChI=1S/C12H13B/c1-4-5-6-11-10(3)9(2)7-8-12(11)13/h1,5-8H,13H2,2-3H3/b6-5-. The van der Waals surface area contributed by atoms with E-state index in [1.807, 2.05) is 6.08 Å². The van der Waals surface area contributed by atoms with Crippen molar-refractivity contribution in [2.75, 3.05) is 0 Å². The second kappa shape index (κ2) is 4.00. The molecule has 64 valence electrons. The van der Waals surface area contributed by atoms with Crippen LogP contribution in [0.15, 0.2) is 18.2 Å². The maximum Gasteiger partial charge on any atom is 0.140 e. The van der Waals surface area contributed by atoms with E-state index in [1.165, 1.54) is 22.2 Å². The predicted octanol–water partition coefficient (Wildman–Crippen LogP) is 1.21. The number of terminal acetylenes is 1. The first kappa shape index (κ1) is 9.67. The lowest BCUT2D eigenvalue weighted by molar-refractivity contribution is 1.34. The lowest BCUT2D eigenvalue weighted by atomic mass is 9.86. The summed E-state index contributed by atoms with van der Waals surface area (Å²) in [4.78, 5) is 0. The molecular formula is C12H13B. The van der Waals surface area contributed by atoms with Gasteiger partial charge in [0.15, 0.2) is 0 Å². The Morgan fingerprint density at radius 3 is 2.69 bits per heavy atom. The van der Waals surface area contributed by atoms with Crippen molar-refractivity contribution in [1.82, 2.24) is 0 Å². The molecule has 13 heavy (non-hydrogen) atoms. The fourth-order valence-electron chi connectivity index (χ4n) is 1.36. The molecule has 0 bridgehead atoms. The molecule has 0 fully saturated rings. The zero-order valence-corrected chi connectivity index (χ0v) is 8.39. The van der Waals surface area contributed by atoms with E-state index >= 15 is 0 Å². The van der Waals surface area contributed by atoms with Crippen LogP contribution in [-0.2, 0) is 0 Å². The fourth-order valence-corrected chi connectivity index (χ4v) is 1.36. The van der Waals surface area contributed by atoms with Crippen LogP contribution in [0, 0.1) is 26.2 Å². The Bertz CT molecular complexity index is 381. The minimum atomic E-state index is 1.25. The Morgan fingerprint density at radius 1 is 1.38 bits per heavy atom. The summed E-state index contributed by atoms with van der Waals surface area (Å²) in [6.45, 7) is 4.24. The maximum atomic E-state index is 5.18. The monoisotopic (exact) mass is 168 g/mol. The molecule has 0 unspecified atom stereocenters. The summed E-state index contributed by atoms with van der Waals surface area (Å²) in [5.41, 5.74) is 5.14. The molecule has 1 heteroatoms. The molecule has 0 aliphatic heterocycles. The molecule has 0 N–H and O–H groups in total. The van der Waals surface area contributed by atoms with E-state index in [1.54, 1.807) is 6.08 Å². The highest BCUT2D eigenvalue weighted by Crippen LogP contribution is 2.11. The van der Waals surface area contributed by atoms with Crippen LogP contribution in [0.25, 0.3) is 6.08 Å². The average Bonchev–Trinajstić information content (AvgIpc) is 2.12. The Kier molecular flexibility index (Phi) is 2.98. The van der Waals surface area contributed by atoms with Crippen molar-refractivity contribution >= 4 is 19.4 Å². The highest BCUT2D eigenvalue weighted by atomic mass is 14.0. The average molecular weight is 168 g/mol. The molecule has 1 rings (SSSR count). The first-order valence-electron chi connectivity index (χ1n) is 4.36. The summed E-state index contributed by atoms with van der Waals surface area (Å²) in [6.07, 6.45) is 8.92. The van der Waals surface area contributed by atoms with E-state index in [0.29, 0.717) is 0 Å². The van der Waals surface area contributed by atoms with Gasteiger partial charge in [0.05, 0.1) is 0 Å². The Balaban J connectivity index is 3.27. The van der Waals surface area contributed by atoms with Crippen LogP contribution in [0.3, 0.4) is 0 Å². The molecular weight excluding hydrogens is 155 g/mol. The molecule has 0 spiro atoms. The van der Waals surface area contributed by atoms with Gasteiger partial charge < -0.3 is 0 Å². The zero-order chi connectivity index (χ0) is 9.84. The van der Waals surface area contributed by atoms with E-state index in [-0.39, 0.29) is 0 Å². The Hall–Kier alpha value is -1.42. The van der Waals surface area contributed by atoms with Crippen molar-refractivity contribution in [2.45, 2.75) is 13.8 Å². The normalized spacial score (nSPS) is 10.2. The maximum absolute atomic E-state index is 5.18. The third-order valence-corrected chi connectivity index (χ3v) is 2.35. The Labute approximate surface area is 81.1 Å². The quantitative estimate of drug-likeness (QED) is 0.436. The molecule has 0 heterocycles. The zero-order valence-electron chi connectivity index (χ0n) is 8.39. The fraction of sp³-hybridized carbons (Fsp3) is 0.167. The highest BCUT2D eigenvalue weighted by Gasteiger charge is 2.00. The van der Waals surface area contributed by atoms with Crippen LogP contribution >= 0.6 is 0 Å². The second-order valence-corrected chi connectivity index (χ2v) is 3.24. The van der Waals surface area contributed by atoms with E-state index in [4.69, 9.17) is 6.42 Å². The van der Waals surface area contributed by atoms with Crippen molar-refractivity contribution in [2.24, 2.45) is 0 Å². The molecule has 0 saturated heterocycles. The largest absolute Gasteiger partial charge is 0.140 e. The van der Waals surface area contributed by atoms with Gasteiger partial charge in [-0.2, -0.15) is 0 Å². The van der Waals surface area contributed by atoms with Gasteiger partial charge in [-0.15, -0.1) is 6.42 Å². The van der Waals surface area contributed by atoms with Crippen LogP contribution < -0.4 is 5.46 Å². The first-order chi connectivity index (χ1) is 6.16. The number of hydrogen-bond donors (Lipinski definition) is 0. The minimum absolute atomic E-state index is 1.25. The van der Waals surface area contributed by atoms with Crippen LogP contribution in [0.5, 0.6) is 0 Å². The summed E-state index contributed by atoms with van der Waals surface area (Å²) in [6, 6.07) is 4.26. The summed E-state index contributed by atoms with van der Waals surface area (Å²) in [5.74, 6) is 2.51. The third kappa shape index (κ3) is 2.03. The predicted molar refractivity (Wildman–Crippen MR) is 62.0 cm³/mol. The van der Waals surface area contributed by atoms with Crippen molar-refractivity contribution in [3.05, 3.63) is 34.9 Å². The summed E-state index contributed by atoms with van der Waals surface area (Å²) >= 11 is 0. The number of benzene rings is 1. The number of allylic oxidation sites excluding steroid dienone is 1. The van der Waals surface area contributed by atoms with Crippen molar-refractivity contribution in [3.8, 4) is 12.3 Å². The molecule has 0 radical (unpaired) electrons. The van der Waals surface area contributed by atoms with Crippen LogP contribution in [0.4, 0.5) is 0 Å². The van der Waals surface area contributed by atoms with Gasteiger partial charge in [-0.05, 0) is 42.7 Å². The van der Waals surface area contributed by atoms with Gasteiger partial charge in [-0.3, -0.25) is 0 Å². The number of hydrogen-bond acceptors (Lipinski definition) is 0. The molecule has 0 nitrogen and oxygen atoms in total. The third-order valence-electron chi connectivity index (χ3n) is 2.35. The van der Waals surface area contributed by atoms with Gasteiger partial charge >= 0.3 is 0 Å². The molecule has 0 saturated carbocycles. The molecule has 1 aromatic carbocycles. The summed E-state index contributed by atoms with van der Waals surface area (Å²) < 4.78 is 0. The molecule has 0 aliphatic carbocycles. The molecule has 0 amide bonds. The van der Waals surface area contributed by atoms with Crippen molar-refractivity contribution in [1.29, 1.82) is 0 Å². The highest BCUT2D eigenvalue weighted by molar-refractivity contribution is 6.34. The second-order valence-electron chi connectivity index (χ2n) is 3.24. The molecule has 0 atom stereocenters. The minimum Gasteiger partial charge on any atom is -0.115 e. The van der Waals surface area contributed by atoms with Crippen molar-refractivity contribution in [3.63, 3.8) is 0 Å². The number of rotatable bonds is 1. The lowest BCUT2D eigenvalue weighted by Gasteiger charge is -2.07. The number of aryl methyl sites for hydroxylation is 1. The van der Waals surface area contributed by atoms with E-state index < -0.39 is 0 Å². The van der Waals surface area contributed by atoms with Crippen LogP contribution in [0.1, 0.15) is 16.7 Å². The van der Waals surface area contributed by atoms with Crippen LogP contribution in [-0.4, -0.2) is 7.85 Å². The summed E-state index contributed by atoms with van der Waals surface area (Å²) in [7, 11) is 2.10. The molecule has 0 aliphatic rings. The molecule has 0 aromatic heterocycles. The molecule has 1 aromatic rings. The van der Waals surface area contributed by atoms with E-state index in [9.17, 15) is 0 Å². The van der Waals surface area contributed by atoms with E-state index in [2.05, 4.69) is 39.7 Å². The summed E-state index contributed by atoms with van der Waals surface area (Å²) in [5, 5.41) is 0. The van der Waals surface area contributed by atoms with Crippen molar-refractivity contribution < 1.29 is 0 Å². The van der Waals surface area contributed by atoms with Gasteiger partial charge in [0.1, 0.15) is 7.85 Å². The topological polar surface area (TPSA) is 0 Å². The van der Waals surface area contributed by atoms with Gasteiger partial charge in [0.25, 0.3) is 0 Å². The van der Waals surface area contributed by atoms with E-state index in [0.717, 1.165) is 0 Å². The van der Waals surface area contributed by atoms with Gasteiger partial charge in [0.2, 0.25) is 0 Å². The van der Waals surface area contributed by atoms with Crippen LogP contribution in [0.2, 0.25) is 0 Å². The smallest absolute Gasteiger partial charge is 0.115 e. The van der Waals surface area contributed by atoms with Gasteiger partial charge in [-0.25, -0.2) is 0 Å². The SMILES string of the molecule is Bc1ccc(C)c(C)c1/C=C\C#C. The van der Waals surface area contributed by atoms with Gasteiger partial charge in [0, 0.05) is 0 Å². The van der Waals surface area contributed by atoms with Gasteiger partial charge in [-0.1, -0.05) is 23.5 Å². The first-order valence-corrected chi connectivity index (χ1v) is 4.36.